The van der Waals surface area contributed by atoms with E-state index in [1.54, 1.807) is 6.08 Å². The number of aliphatic hydroxyl groups excluding tert-OH is 1. The Hall–Kier alpha value is -3.36. The maximum absolute atomic E-state index is 13.0. The fourth-order valence-corrected chi connectivity index (χ4v) is 8.12. The van der Waals surface area contributed by atoms with Crippen LogP contribution in [0.15, 0.2) is 134 Å². The van der Waals surface area contributed by atoms with Crippen molar-refractivity contribution in [1.82, 2.24) is 5.32 Å². The van der Waals surface area contributed by atoms with Crippen molar-refractivity contribution in [2.75, 3.05) is 40.9 Å². The van der Waals surface area contributed by atoms with Crippen LogP contribution < -0.4 is 5.32 Å². The number of quaternary nitrogens is 1. The molecule has 0 aromatic rings. The molecular weight excluding hydrogens is 912 g/mol. The van der Waals surface area contributed by atoms with Gasteiger partial charge in [0.1, 0.15) is 13.2 Å². The van der Waals surface area contributed by atoms with Crippen LogP contribution in [0, 0.1) is 0 Å². The molecular formula is C63H108N2O6P+. The lowest BCUT2D eigenvalue weighted by Gasteiger charge is -2.25. The predicted octanol–water partition coefficient (Wildman–Crippen LogP) is 17.5. The molecule has 8 nitrogen and oxygen atoms in total. The number of hydrogen-bond acceptors (Lipinski definition) is 5. The van der Waals surface area contributed by atoms with Gasteiger partial charge in [0.2, 0.25) is 5.91 Å². The van der Waals surface area contributed by atoms with Gasteiger partial charge in [-0.05, 0) is 109 Å². The van der Waals surface area contributed by atoms with Crippen LogP contribution in [0.1, 0.15) is 206 Å². The van der Waals surface area contributed by atoms with E-state index < -0.39 is 20.0 Å². The van der Waals surface area contributed by atoms with Crippen LogP contribution in [0.25, 0.3) is 0 Å². The molecule has 72 heavy (non-hydrogen) atoms. The Balaban J connectivity index is 4.35. The molecule has 0 bridgehead atoms. The second-order valence-electron chi connectivity index (χ2n) is 19.9. The molecule has 0 aliphatic rings. The molecule has 410 valence electrons. The highest BCUT2D eigenvalue weighted by molar-refractivity contribution is 7.47. The minimum Gasteiger partial charge on any atom is -0.387 e. The van der Waals surface area contributed by atoms with Crippen molar-refractivity contribution >= 4 is 13.7 Å². The number of nitrogens with zero attached hydrogens (tertiary/aromatic N) is 1. The smallest absolute Gasteiger partial charge is 0.387 e. The Morgan fingerprint density at radius 2 is 0.847 bits per heavy atom. The summed E-state index contributed by atoms with van der Waals surface area (Å²) >= 11 is 0. The van der Waals surface area contributed by atoms with E-state index in [-0.39, 0.29) is 19.1 Å². The van der Waals surface area contributed by atoms with Crippen molar-refractivity contribution in [3.8, 4) is 0 Å². The molecule has 0 rings (SSSR count). The fraction of sp³-hybridized carbons (Fsp3) is 0.635. The number of nitrogens with one attached hydrogen (secondary N) is 1. The summed E-state index contributed by atoms with van der Waals surface area (Å²) in [6.07, 6.45) is 79.8. The van der Waals surface area contributed by atoms with Crippen LogP contribution in [0.2, 0.25) is 0 Å². The van der Waals surface area contributed by atoms with Crippen molar-refractivity contribution < 1.29 is 32.9 Å². The quantitative estimate of drug-likeness (QED) is 0.0243. The molecule has 0 saturated carbocycles. The number of likely N-dealkylation sites (N-methyl/N-ethyl adjacent to an activating group) is 1. The van der Waals surface area contributed by atoms with E-state index in [0.29, 0.717) is 17.4 Å². The maximum atomic E-state index is 13.0. The average molecular weight is 1020 g/mol. The molecule has 0 spiro atoms. The summed E-state index contributed by atoms with van der Waals surface area (Å²) in [6.45, 7) is 4.64. The van der Waals surface area contributed by atoms with Gasteiger partial charge in [0.05, 0.1) is 39.9 Å². The number of aliphatic hydroxyl groups is 1. The molecule has 0 aliphatic heterocycles. The van der Waals surface area contributed by atoms with Crippen LogP contribution in [0.3, 0.4) is 0 Å². The van der Waals surface area contributed by atoms with Crippen molar-refractivity contribution in [3.63, 3.8) is 0 Å². The van der Waals surface area contributed by atoms with Gasteiger partial charge in [0, 0.05) is 6.42 Å². The standard InChI is InChI=1S/C63H107N2O6P/c1-6-8-10-12-14-16-18-20-22-24-26-27-28-29-30-31-32-33-34-35-36-37-39-41-43-45-47-49-51-53-55-57-63(67)64-61(60-71-72(68,69)70-59-58-65(3,4)5)62(66)56-54-52-50-48-46-44-42-40-38-25-23-21-19-17-15-13-11-9-7-2/h8,10,14,16,20,22,26-27,29-30,32-33,35-36,38-41,46,48,54,56,61-62,66H,6-7,9,11-13,15,17-19,21,23-25,28,31,34,37,42-45,47,49-53,55,57-60H2,1-5H3,(H-,64,67,68,69)/p+1/b10-8-,16-14-,22-20-,27-26-,30-29-,33-32-,36-35-,40-38+,41-39-,48-46+,56-54+. The Bertz CT molecular complexity index is 1630. The molecule has 9 heteroatoms. The lowest BCUT2D eigenvalue weighted by molar-refractivity contribution is -0.870. The Morgan fingerprint density at radius 3 is 1.28 bits per heavy atom. The molecule has 0 aromatic heterocycles. The average Bonchev–Trinajstić information content (AvgIpc) is 3.34. The van der Waals surface area contributed by atoms with Gasteiger partial charge in [-0.15, -0.1) is 0 Å². The second-order valence-corrected chi connectivity index (χ2v) is 21.4. The summed E-state index contributed by atoms with van der Waals surface area (Å²) in [4.78, 5) is 23.3. The van der Waals surface area contributed by atoms with Crippen LogP contribution in [0.5, 0.6) is 0 Å². The normalized spacial score (nSPS) is 14.9. The minimum atomic E-state index is -4.37. The van der Waals surface area contributed by atoms with E-state index in [1.165, 1.54) is 64.2 Å². The minimum absolute atomic E-state index is 0.0427. The zero-order valence-corrected chi connectivity index (χ0v) is 47.5. The van der Waals surface area contributed by atoms with E-state index in [0.717, 1.165) is 122 Å². The predicted molar refractivity (Wildman–Crippen MR) is 313 cm³/mol. The number of phosphoric ester groups is 1. The molecule has 0 heterocycles. The third-order valence-corrected chi connectivity index (χ3v) is 12.8. The van der Waals surface area contributed by atoms with Gasteiger partial charge in [-0.3, -0.25) is 13.8 Å². The molecule has 0 radical (unpaired) electrons. The van der Waals surface area contributed by atoms with E-state index in [4.69, 9.17) is 9.05 Å². The number of amides is 1. The third-order valence-electron chi connectivity index (χ3n) is 11.8. The number of phosphoric acid groups is 1. The van der Waals surface area contributed by atoms with E-state index in [9.17, 15) is 19.4 Å². The van der Waals surface area contributed by atoms with Crippen molar-refractivity contribution in [1.29, 1.82) is 0 Å². The third kappa shape index (κ3) is 54.4. The summed E-state index contributed by atoms with van der Waals surface area (Å²) in [5.41, 5.74) is 0. The number of carbonyl (C=O) groups excluding carboxylic acids is 1. The van der Waals surface area contributed by atoms with Crippen LogP contribution >= 0.6 is 7.82 Å². The highest BCUT2D eigenvalue weighted by atomic mass is 31.2. The first-order valence-electron chi connectivity index (χ1n) is 28.6. The van der Waals surface area contributed by atoms with Crippen LogP contribution in [-0.2, 0) is 18.4 Å². The zero-order valence-electron chi connectivity index (χ0n) is 46.6. The largest absolute Gasteiger partial charge is 0.472 e. The highest BCUT2D eigenvalue weighted by Crippen LogP contribution is 2.43. The number of carbonyl (C=O) groups is 1. The van der Waals surface area contributed by atoms with Crippen molar-refractivity contribution in [2.45, 2.75) is 219 Å². The second kappa shape index (κ2) is 52.5. The molecule has 3 unspecified atom stereocenters. The maximum Gasteiger partial charge on any atom is 0.472 e. The molecule has 0 aromatic carbocycles. The summed E-state index contributed by atoms with van der Waals surface area (Å²) in [5.74, 6) is -0.212. The summed E-state index contributed by atoms with van der Waals surface area (Å²) in [6, 6.07) is -0.889. The SMILES string of the molecule is CC/C=C\C/C=C\C/C=C\C/C=C\C/C=C\C/C=C\C/C=C\C/C=C\CCCCCCCCC(=O)NC(COP(=O)(O)OCC[N+](C)(C)C)C(O)/C=C/CC/C=C/CC/C=C/CCCCCCCCCCC. The van der Waals surface area contributed by atoms with E-state index in [1.807, 2.05) is 27.2 Å². The first kappa shape index (κ1) is 68.6. The van der Waals surface area contributed by atoms with Gasteiger partial charge in [-0.25, -0.2) is 4.57 Å². The number of rotatable bonds is 50. The zero-order chi connectivity index (χ0) is 52.7. The van der Waals surface area contributed by atoms with Gasteiger partial charge in [0.25, 0.3) is 0 Å². The van der Waals surface area contributed by atoms with Gasteiger partial charge in [-0.2, -0.15) is 0 Å². The molecule has 3 atom stereocenters. The van der Waals surface area contributed by atoms with E-state index >= 15 is 0 Å². The monoisotopic (exact) mass is 1020 g/mol. The molecule has 0 aliphatic carbocycles. The van der Waals surface area contributed by atoms with Crippen LogP contribution in [0.4, 0.5) is 0 Å². The Kier molecular flexibility index (Phi) is 50.1. The first-order chi connectivity index (χ1) is 35.0. The van der Waals surface area contributed by atoms with E-state index in [2.05, 4.69) is 141 Å². The lowest BCUT2D eigenvalue weighted by Crippen LogP contribution is -2.45. The lowest BCUT2D eigenvalue weighted by atomic mass is 10.1. The van der Waals surface area contributed by atoms with Crippen LogP contribution in [-0.4, -0.2) is 73.4 Å². The van der Waals surface area contributed by atoms with Gasteiger partial charge < -0.3 is 19.8 Å². The first-order valence-corrected chi connectivity index (χ1v) is 30.1. The number of unbranched alkanes of at least 4 members (excludes halogenated alkanes) is 17. The fourth-order valence-electron chi connectivity index (χ4n) is 7.38. The number of hydrogen-bond donors (Lipinski definition) is 3. The molecule has 0 saturated heterocycles. The summed E-state index contributed by atoms with van der Waals surface area (Å²) < 4.78 is 23.7. The number of allylic oxidation sites excluding steroid dienone is 21. The van der Waals surface area contributed by atoms with Gasteiger partial charge in [-0.1, -0.05) is 225 Å². The molecule has 0 fully saturated rings. The summed E-state index contributed by atoms with van der Waals surface area (Å²) in [5, 5.41) is 13.9. The Morgan fingerprint density at radius 1 is 0.486 bits per heavy atom. The van der Waals surface area contributed by atoms with Crippen molar-refractivity contribution in [2.24, 2.45) is 0 Å². The summed E-state index contributed by atoms with van der Waals surface area (Å²) in [7, 11) is 1.51. The topological polar surface area (TPSA) is 105 Å². The molecule has 3 N–H and O–H groups in total. The van der Waals surface area contributed by atoms with Crippen molar-refractivity contribution in [3.05, 3.63) is 134 Å². The van der Waals surface area contributed by atoms with Gasteiger partial charge >= 0.3 is 7.82 Å². The Labute approximate surface area is 443 Å². The molecule has 1 amide bonds. The van der Waals surface area contributed by atoms with Gasteiger partial charge in [0.15, 0.2) is 0 Å². The highest BCUT2D eigenvalue weighted by Gasteiger charge is 2.27.